The lowest BCUT2D eigenvalue weighted by molar-refractivity contribution is -0.126. The second-order valence-corrected chi connectivity index (χ2v) is 4.93. The first-order valence-corrected chi connectivity index (χ1v) is 6.87. The molecule has 1 atom stereocenters. The summed E-state index contributed by atoms with van der Waals surface area (Å²) >= 11 is 0. The van der Waals surface area contributed by atoms with Crippen molar-refractivity contribution in [2.45, 2.75) is 6.92 Å². The van der Waals surface area contributed by atoms with Crippen molar-refractivity contribution in [2.75, 3.05) is 18.4 Å². The number of benzene rings is 2. The highest BCUT2D eigenvalue weighted by molar-refractivity contribution is 6.03. The molecule has 2 amide bonds. The van der Waals surface area contributed by atoms with Gasteiger partial charge in [0.2, 0.25) is 11.8 Å². The summed E-state index contributed by atoms with van der Waals surface area (Å²) < 4.78 is 0. The molecule has 0 saturated heterocycles. The Morgan fingerprint density at radius 2 is 1.82 bits per heavy atom. The maximum Gasteiger partial charge on any atom is 0.243 e. The molecule has 0 aliphatic carbocycles. The molecule has 6 heteroatoms. The first kappa shape index (κ1) is 17.9. The van der Waals surface area contributed by atoms with Crippen molar-refractivity contribution >= 4 is 40.7 Å². The monoisotopic (exact) mass is 321 g/mol. The molecule has 0 aliphatic heterocycles. The lowest BCUT2D eigenvalue weighted by Gasteiger charge is -2.11. The number of rotatable bonds is 5. The molecule has 0 aliphatic rings. The predicted molar refractivity (Wildman–Crippen MR) is 91.1 cm³/mol. The van der Waals surface area contributed by atoms with Crippen LogP contribution in [0.15, 0.2) is 42.5 Å². The number of carbonyl (C=O) groups is 2. The lowest BCUT2D eigenvalue weighted by Crippen LogP contribution is -2.38. The number of anilines is 1. The van der Waals surface area contributed by atoms with E-state index in [1.165, 1.54) is 0 Å². The molecule has 0 heterocycles. The molecular formula is C16H20ClN3O2. The van der Waals surface area contributed by atoms with E-state index in [2.05, 4.69) is 10.6 Å². The molecule has 22 heavy (non-hydrogen) atoms. The van der Waals surface area contributed by atoms with Crippen molar-refractivity contribution in [3.05, 3.63) is 42.5 Å². The third kappa shape index (κ3) is 4.44. The Bertz CT molecular complexity index is 655. The second-order valence-electron chi connectivity index (χ2n) is 4.93. The van der Waals surface area contributed by atoms with Gasteiger partial charge in [-0.3, -0.25) is 9.59 Å². The standard InChI is InChI=1S/C16H19N3O2.ClH/c1-11(9-17)16(21)18-10-15(20)19-14-8-4-6-12-5-2-3-7-13(12)14;/h2-8,11H,9-10,17H2,1H3,(H,18,21)(H,19,20);1H. The summed E-state index contributed by atoms with van der Waals surface area (Å²) in [4.78, 5) is 23.5. The van der Waals surface area contributed by atoms with Crippen LogP contribution in [0.2, 0.25) is 0 Å². The Morgan fingerprint density at radius 1 is 1.14 bits per heavy atom. The topological polar surface area (TPSA) is 84.2 Å². The number of hydrogen-bond donors (Lipinski definition) is 3. The number of nitrogens with two attached hydrogens (primary N) is 1. The number of amides is 2. The van der Waals surface area contributed by atoms with E-state index in [-0.39, 0.29) is 43.2 Å². The molecule has 0 radical (unpaired) electrons. The van der Waals surface area contributed by atoms with Crippen LogP contribution in [-0.2, 0) is 9.59 Å². The van der Waals surface area contributed by atoms with Crippen LogP contribution in [0.3, 0.4) is 0 Å². The molecule has 5 nitrogen and oxygen atoms in total. The van der Waals surface area contributed by atoms with Crippen LogP contribution in [-0.4, -0.2) is 24.9 Å². The molecule has 4 N–H and O–H groups in total. The molecule has 118 valence electrons. The summed E-state index contributed by atoms with van der Waals surface area (Å²) in [7, 11) is 0. The van der Waals surface area contributed by atoms with Gasteiger partial charge in [0.15, 0.2) is 0 Å². The average molecular weight is 322 g/mol. The minimum absolute atomic E-state index is 0. The number of nitrogens with one attached hydrogen (secondary N) is 2. The van der Waals surface area contributed by atoms with Crippen LogP contribution >= 0.6 is 12.4 Å². The number of fused-ring (bicyclic) bond motifs is 1. The van der Waals surface area contributed by atoms with Crippen molar-refractivity contribution in [3.63, 3.8) is 0 Å². The van der Waals surface area contributed by atoms with Gasteiger partial charge in [-0.05, 0) is 11.5 Å². The molecule has 0 aromatic heterocycles. The third-order valence-electron chi connectivity index (χ3n) is 3.29. The Hall–Kier alpha value is -2.11. The average Bonchev–Trinajstić information content (AvgIpc) is 2.52. The Labute approximate surface area is 135 Å². The molecule has 0 spiro atoms. The number of carbonyl (C=O) groups excluding carboxylic acids is 2. The van der Waals surface area contributed by atoms with Gasteiger partial charge in [0.05, 0.1) is 6.54 Å². The van der Waals surface area contributed by atoms with E-state index in [1.54, 1.807) is 6.92 Å². The third-order valence-corrected chi connectivity index (χ3v) is 3.29. The zero-order valence-corrected chi connectivity index (χ0v) is 13.2. The lowest BCUT2D eigenvalue weighted by atomic mass is 10.1. The first-order valence-electron chi connectivity index (χ1n) is 6.87. The highest BCUT2D eigenvalue weighted by atomic mass is 35.5. The highest BCUT2D eigenvalue weighted by Gasteiger charge is 2.12. The van der Waals surface area contributed by atoms with E-state index in [0.29, 0.717) is 0 Å². The van der Waals surface area contributed by atoms with Crippen LogP contribution in [0.25, 0.3) is 10.8 Å². The maximum atomic E-state index is 11.9. The minimum atomic E-state index is -0.296. The van der Waals surface area contributed by atoms with Gasteiger partial charge in [0.25, 0.3) is 0 Å². The van der Waals surface area contributed by atoms with Crippen molar-refractivity contribution < 1.29 is 9.59 Å². The normalized spacial score (nSPS) is 11.4. The second kappa shape index (κ2) is 8.36. The summed E-state index contributed by atoms with van der Waals surface area (Å²) in [6, 6.07) is 13.5. The van der Waals surface area contributed by atoms with Gasteiger partial charge >= 0.3 is 0 Å². The van der Waals surface area contributed by atoms with E-state index in [0.717, 1.165) is 16.5 Å². The molecule has 0 bridgehead atoms. The van der Waals surface area contributed by atoms with Crippen LogP contribution < -0.4 is 16.4 Å². The zero-order valence-electron chi connectivity index (χ0n) is 12.3. The summed E-state index contributed by atoms with van der Waals surface area (Å²) in [5.74, 6) is -0.773. The van der Waals surface area contributed by atoms with Gasteiger partial charge in [-0.2, -0.15) is 0 Å². The summed E-state index contributed by atoms with van der Waals surface area (Å²) in [6.07, 6.45) is 0. The Kier molecular flexibility index (Phi) is 6.82. The molecule has 1 unspecified atom stereocenters. The van der Waals surface area contributed by atoms with Gasteiger partial charge in [0, 0.05) is 23.5 Å². The quantitative estimate of drug-likeness (QED) is 0.786. The van der Waals surface area contributed by atoms with E-state index in [1.807, 2.05) is 42.5 Å². The Balaban J connectivity index is 0.00000242. The van der Waals surface area contributed by atoms with Crippen molar-refractivity contribution in [3.8, 4) is 0 Å². The highest BCUT2D eigenvalue weighted by Crippen LogP contribution is 2.22. The predicted octanol–water partition coefficient (Wildman–Crippen LogP) is 1.91. The SMILES string of the molecule is CC(CN)C(=O)NCC(=O)Nc1cccc2ccccc12.Cl. The maximum absolute atomic E-state index is 11.9. The molecule has 2 aromatic rings. The van der Waals surface area contributed by atoms with E-state index < -0.39 is 0 Å². The molecular weight excluding hydrogens is 302 g/mol. The fourth-order valence-electron chi connectivity index (χ4n) is 1.98. The van der Waals surface area contributed by atoms with Crippen LogP contribution in [0, 0.1) is 5.92 Å². The fourth-order valence-corrected chi connectivity index (χ4v) is 1.98. The van der Waals surface area contributed by atoms with Gasteiger partial charge < -0.3 is 16.4 Å². The number of hydrogen-bond acceptors (Lipinski definition) is 3. The van der Waals surface area contributed by atoms with Crippen molar-refractivity contribution in [1.82, 2.24) is 5.32 Å². The first-order chi connectivity index (χ1) is 10.1. The summed E-state index contributed by atoms with van der Waals surface area (Å²) in [5.41, 5.74) is 6.14. The smallest absolute Gasteiger partial charge is 0.243 e. The van der Waals surface area contributed by atoms with Crippen LogP contribution in [0.5, 0.6) is 0 Å². The van der Waals surface area contributed by atoms with E-state index in [4.69, 9.17) is 5.73 Å². The Morgan fingerprint density at radius 3 is 2.55 bits per heavy atom. The van der Waals surface area contributed by atoms with Gasteiger partial charge in [0.1, 0.15) is 0 Å². The van der Waals surface area contributed by atoms with Crippen LogP contribution in [0.1, 0.15) is 6.92 Å². The van der Waals surface area contributed by atoms with E-state index in [9.17, 15) is 9.59 Å². The molecule has 0 saturated carbocycles. The summed E-state index contributed by atoms with van der Waals surface area (Å²) in [5, 5.41) is 7.40. The van der Waals surface area contributed by atoms with Crippen molar-refractivity contribution in [2.24, 2.45) is 11.7 Å². The van der Waals surface area contributed by atoms with Crippen LogP contribution in [0.4, 0.5) is 5.69 Å². The molecule has 2 rings (SSSR count). The molecule has 2 aromatic carbocycles. The van der Waals surface area contributed by atoms with Gasteiger partial charge in [-0.1, -0.05) is 43.3 Å². The number of halogens is 1. The van der Waals surface area contributed by atoms with Crippen molar-refractivity contribution in [1.29, 1.82) is 0 Å². The molecule has 0 fully saturated rings. The van der Waals surface area contributed by atoms with E-state index >= 15 is 0 Å². The summed E-state index contributed by atoms with van der Waals surface area (Å²) in [6.45, 7) is 1.92. The van der Waals surface area contributed by atoms with Gasteiger partial charge in [-0.25, -0.2) is 0 Å². The largest absolute Gasteiger partial charge is 0.347 e. The zero-order chi connectivity index (χ0) is 15.2. The minimum Gasteiger partial charge on any atom is -0.347 e. The van der Waals surface area contributed by atoms with Gasteiger partial charge in [-0.15, -0.1) is 12.4 Å². The fraction of sp³-hybridized carbons (Fsp3) is 0.250.